The summed E-state index contributed by atoms with van der Waals surface area (Å²) < 4.78 is 25.1. The van der Waals surface area contributed by atoms with E-state index in [0.717, 1.165) is 16.5 Å². The van der Waals surface area contributed by atoms with Gasteiger partial charge in [-0.15, -0.1) is 0 Å². The molecule has 0 saturated carbocycles. The molecule has 2 heterocycles. The molecule has 3 N–H and O–H groups in total. The largest absolute Gasteiger partial charge is 0.366 e. The molecule has 2 aromatic rings. The number of aromatic nitrogens is 1. The van der Waals surface area contributed by atoms with Crippen LogP contribution in [-0.4, -0.2) is 35.9 Å². The van der Waals surface area contributed by atoms with Crippen molar-refractivity contribution in [2.24, 2.45) is 5.73 Å². The summed E-state index contributed by atoms with van der Waals surface area (Å²) in [5.74, 6) is -0.423. The molecule has 0 aliphatic carbocycles. The molecule has 1 aromatic carbocycles. The molecule has 7 heteroatoms. The van der Waals surface area contributed by atoms with Gasteiger partial charge in [-0.25, -0.2) is 8.42 Å². The predicted octanol–water partition coefficient (Wildman–Crippen LogP) is 1.83. The third-order valence-corrected chi connectivity index (χ3v) is 5.64. The van der Waals surface area contributed by atoms with Crippen LogP contribution in [0.3, 0.4) is 0 Å². The Hall–Kier alpha value is -2.54. The van der Waals surface area contributed by atoms with Gasteiger partial charge in [0.1, 0.15) is 0 Å². The van der Waals surface area contributed by atoms with Gasteiger partial charge in [0, 0.05) is 23.3 Å². The molecule has 0 spiro atoms. The fourth-order valence-electron chi connectivity index (χ4n) is 2.65. The molecule has 0 unspecified atom stereocenters. The Labute approximate surface area is 134 Å². The van der Waals surface area contributed by atoms with Gasteiger partial charge in [0.05, 0.1) is 23.4 Å². The zero-order valence-electron chi connectivity index (χ0n) is 12.6. The lowest BCUT2D eigenvalue weighted by molar-refractivity contribution is 0.100. The van der Waals surface area contributed by atoms with Gasteiger partial charge in [0.25, 0.3) is 5.91 Å². The summed E-state index contributed by atoms with van der Waals surface area (Å²) in [5.41, 5.74) is 8.32. The van der Waals surface area contributed by atoms with E-state index in [-0.39, 0.29) is 5.75 Å². The molecular weight excluding hydrogens is 314 g/mol. The zero-order valence-corrected chi connectivity index (χ0v) is 13.4. The second-order valence-corrected chi connectivity index (χ2v) is 7.45. The molecule has 120 valence electrons. The minimum absolute atomic E-state index is 0.0650. The van der Waals surface area contributed by atoms with Gasteiger partial charge in [0.2, 0.25) is 10.0 Å². The molecule has 0 fully saturated rings. The van der Waals surface area contributed by atoms with Crippen LogP contribution in [0.5, 0.6) is 0 Å². The molecule has 1 amide bonds. The number of benzene rings is 1. The number of hydrogen-bond donors (Lipinski definition) is 2. The minimum atomic E-state index is -3.24. The number of rotatable bonds is 4. The Balaban J connectivity index is 1.99. The Kier molecular flexibility index (Phi) is 3.73. The molecule has 1 aliphatic rings. The van der Waals surface area contributed by atoms with Crippen molar-refractivity contribution in [3.8, 4) is 0 Å². The number of amides is 1. The highest BCUT2D eigenvalue weighted by Gasteiger charge is 2.19. The molecule has 1 aromatic heterocycles. The van der Waals surface area contributed by atoms with Gasteiger partial charge < -0.3 is 10.7 Å². The van der Waals surface area contributed by atoms with E-state index < -0.39 is 15.9 Å². The second kappa shape index (κ2) is 5.58. The molecular formula is C16H17N3O3S. The maximum absolute atomic E-state index is 11.9. The first kappa shape index (κ1) is 15.4. The van der Waals surface area contributed by atoms with Gasteiger partial charge in [-0.05, 0) is 24.6 Å². The van der Waals surface area contributed by atoms with Crippen LogP contribution < -0.4 is 5.73 Å². The average molecular weight is 331 g/mol. The second-order valence-electron chi connectivity index (χ2n) is 5.24. The summed E-state index contributed by atoms with van der Waals surface area (Å²) in [6.45, 7) is 1.91. The number of carbonyl (C=O) groups is 1. The van der Waals surface area contributed by atoms with Gasteiger partial charge in [-0.3, -0.25) is 9.10 Å². The summed E-state index contributed by atoms with van der Waals surface area (Å²) >= 11 is 0. The Morgan fingerprint density at radius 1 is 1.39 bits per heavy atom. The highest BCUT2D eigenvalue weighted by atomic mass is 32.2. The van der Waals surface area contributed by atoms with E-state index in [4.69, 9.17) is 5.73 Å². The van der Waals surface area contributed by atoms with Crippen LogP contribution in [0.1, 0.15) is 22.8 Å². The lowest BCUT2D eigenvalue weighted by Gasteiger charge is -2.21. The number of nitrogens with two attached hydrogens (primary N) is 1. The molecule has 0 saturated heterocycles. The number of sulfonamides is 1. The zero-order chi connectivity index (χ0) is 16.6. The summed E-state index contributed by atoms with van der Waals surface area (Å²) in [6.07, 6.45) is 6.99. The van der Waals surface area contributed by atoms with Crippen LogP contribution in [0, 0.1) is 0 Å². The minimum Gasteiger partial charge on any atom is -0.366 e. The van der Waals surface area contributed by atoms with Crippen molar-refractivity contribution >= 4 is 32.4 Å². The van der Waals surface area contributed by atoms with Crippen molar-refractivity contribution in [2.75, 3.05) is 12.3 Å². The van der Waals surface area contributed by atoms with Crippen molar-refractivity contribution in [3.05, 3.63) is 53.9 Å². The average Bonchev–Trinajstić information content (AvgIpc) is 2.98. The molecule has 0 atom stereocenters. The van der Waals surface area contributed by atoms with E-state index in [2.05, 4.69) is 4.98 Å². The molecule has 6 nitrogen and oxygen atoms in total. The maximum atomic E-state index is 11.9. The number of hydrogen-bond acceptors (Lipinski definition) is 3. The van der Waals surface area contributed by atoms with E-state index in [1.165, 1.54) is 4.31 Å². The molecule has 0 bridgehead atoms. The van der Waals surface area contributed by atoms with E-state index >= 15 is 0 Å². The number of nitrogens with zero attached hydrogens (tertiary/aromatic N) is 1. The molecule has 23 heavy (non-hydrogen) atoms. The van der Waals surface area contributed by atoms with Crippen LogP contribution in [-0.2, 0) is 10.0 Å². The standard InChI is InChI=1S/C16H17N3O3S/c1-2-23(21,22)19-8-6-11(7-9-19)14-10-18-15-12(14)4-3-5-13(15)16(17)20/h3-8,10,18H,2,9H2,1H3,(H2,17,20). The van der Waals surface area contributed by atoms with Crippen LogP contribution in [0.4, 0.5) is 0 Å². The van der Waals surface area contributed by atoms with Crippen molar-refractivity contribution in [3.63, 3.8) is 0 Å². The number of carbonyl (C=O) groups excluding carboxylic acids is 1. The lowest BCUT2D eigenvalue weighted by Crippen LogP contribution is -2.29. The third-order valence-electron chi connectivity index (χ3n) is 3.93. The predicted molar refractivity (Wildman–Crippen MR) is 90.1 cm³/mol. The van der Waals surface area contributed by atoms with Gasteiger partial charge >= 0.3 is 0 Å². The van der Waals surface area contributed by atoms with Crippen molar-refractivity contribution in [1.82, 2.24) is 9.29 Å². The monoisotopic (exact) mass is 331 g/mol. The normalized spacial score (nSPS) is 15.0. The van der Waals surface area contributed by atoms with E-state index in [9.17, 15) is 13.2 Å². The summed E-state index contributed by atoms with van der Waals surface area (Å²) in [4.78, 5) is 14.6. The number of aromatic amines is 1. The first-order valence-electron chi connectivity index (χ1n) is 7.22. The van der Waals surface area contributed by atoms with Crippen molar-refractivity contribution in [2.45, 2.75) is 6.92 Å². The van der Waals surface area contributed by atoms with Crippen LogP contribution in [0.2, 0.25) is 0 Å². The molecule has 3 rings (SSSR count). The van der Waals surface area contributed by atoms with Crippen LogP contribution in [0.15, 0.2) is 42.7 Å². The summed E-state index contributed by atoms with van der Waals surface area (Å²) in [5, 5.41) is 0.879. The number of primary amides is 1. The fourth-order valence-corrected chi connectivity index (χ4v) is 3.53. The van der Waals surface area contributed by atoms with Gasteiger partial charge in [0.15, 0.2) is 0 Å². The smallest absolute Gasteiger partial charge is 0.250 e. The molecule has 1 aliphatic heterocycles. The van der Waals surface area contributed by atoms with Gasteiger partial charge in [-0.1, -0.05) is 18.2 Å². The Morgan fingerprint density at radius 2 is 2.17 bits per heavy atom. The Morgan fingerprint density at radius 3 is 2.78 bits per heavy atom. The maximum Gasteiger partial charge on any atom is 0.250 e. The van der Waals surface area contributed by atoms with E-state index in [1.807, 2.05) is 12.1 Å². The summed E-state index contributed by atoms with van der Waals surface area (Å²) in [6, 6.07) is 5.35. The van der Waals surface area contributed by atoms with E-state index in [0.29, 0.717) is 17.6 Å². The van der Waals surface area contributed by atoms with E-state index in [1.54, 1.807) is 37.5 Å². The van der Waals surface area contributed by atoms with Crippen LogP contribution >= 0.6 is 0 Å². The SMILES string of the molecule is CCS(=O)(=O)N1C=CC(c2c[nH]c3c(C(N)=O)cccc23)=CC1. The lowest BCUT2D eigenvalue weighted by atomic mass is 10.0. The fraction of sp³-hybridized carbons (Fsp3) is 0.188. The topological polar surface area (TPSA) is 96.3 Å². The first-order valence-corrected chi connectivity index (χ1v) is 8.83. The quantitative estimate of drug-likeness (QED) is 0.894. The van der Waals surface area contributed by atoms with Crippen molar-refractivity contribution < 1.29 is 13.2 Å². The number of fused-ring (bicyclic) bond motifs is 1. The molecule has 0 radical (unpaired) electrons. The number of H-pyrrole nitrogens is 1. The first-order chi connectivity index (χ1) is 10.9. The highest BCUT2D eigenvalue weighted by Crippen LogP contribution is 2.29. The number of para-hydroxylation sites is 1. The Bertz CT molecular complexity index is 939. The third kappa shape index (κ3) is 2.63. The number of allylic oxidation sites excluding steroid dienone is 2. The van der Waals surface area contributed by atoms with Crippen LogP contribution in [0.25, 0.3) is 16.5 Å². The number of nitrogens with one attached hydrogen (secondary N) is 1. The highest BCUT2D eigenvalue weighted by molar-refractivity contribution is 7.89. The summed E-state index contributed by atoms with van der Waals surface area (Å²) in [7, 11) is -3.24. The van der Waals surface area contributed by atoms with Gasteiger partial charge in [-0.2, -0.15) is 0 Å². The van der Waals surface area contributed by atoms with Crippen molar-refractivity contribution in [1.29, 1.82) is 0 Å².